The molecule has 1 amide bonds. The lowest BCUT2D eigenvalue weighted by Crippen LogP contribution is -2.44. The number of hydrogen-bond acceptors (Lipinski definition) is 5. The summed E-state index contributed by atoms with van der Waals surface area (Å²) in [7, 11) is -2.11. The molecule has 1 aromatic heterocycles. The Labute approximate surface area is 256 Å². The van der Waals surface area contributed by atoms with E-state index < -0.39 is 8.32 Å². The first kappa shape index (κ1) is 32.5. The van der Waals surface area contributed by atoms with Crippen LogP contribution in [0.3, 0.4) is 0 Å². The van der Waals surface area contributed by atoms with Crippen LogP contribution in [0.4, 0.5) is 0 Å². The summed E-state index contributed by atoms with van der Waals surface area (Å²) in [6.07, 6.45) is 0.582. The molecule has 43 heavy (non-hydrogen) atoms. The lowest BCUT2D eigenvalue weighted by atomic mass is 10.0. The third kappa shape index (κ3) is 8.15. The molecule has 0 unspecified atom stereocenters. The number of nitrogens with one attached hydrogen (secondary N) is 3. The quantitative estimate of drug-likeness (QED) is 0.111. The molecule has 0 radical (unpaired) electrons. The minimum atomic E-state index is -2.11. The smallest absolute Gasteiger partial charge is 0.268 e. The van der Waals surface area contributed by atoms with Crippen LogP contribution in [0.5, 0.6) is 5.75 Å². The van der Waals surface area contributed by atoms with Crippen molar-refractivity contribution in [1.82, 2.24) is 15.6 Å². The summed E-state index contributed by atoms with van der Waals surface area (Å²) in [6.45, 7) is 15.6. The molecule has 4 rings (SSSR count). The first-order valence-corrected chi connectivity index (χ1v) is 18.0. The molecule has 0 saturated heterocycles. The lowest BCUT2D eigenvalue weighted by Gasteiger charge is -2.40. The molecule has 1 heterocycles. The Morgan fingerprint density at radius 2 is 1.70 bits per heavy atom. The van der Waals surface area contributed by atoms with Crippen LogP contribution in [0.1, 0.15) is 79.5 Å². The first-order valence-electron chi connectivity index (χ1n) is 15.1. The molecule has 0 aliphatic rings. The topological polar surface area (TPSA) is 107 Å². The third-order valence-corrected chi connectivity index (χ3v) is 13.1. The van der Waals surface area contributed by atoms with Gasteiger partial charge in [0.2, 0.25) is 0 Å². The summed E-state index contributed by atoms with van der Waals surface area (Å²) < 4.78 is 6.84. The summed E-state index contributed by atoms with van der Waals surface area (Å²) in [5.41, 5.74) is 5.14. The first-order chi connectivity index (χ1) is 20.3. The maximum atomic E-state index is 13.0. The van der Waals surface area contributed by atoms with E-state index in [-0.39, 0.29) is 41.5 Å². The van der Waals surface area contributed by atoms with Crippen LogP contribution >= 0.6 is 0 Å². The summed E-state index contributed by atoms with van der Waals surface area (Å²) in [6, 6.07) is 23.5. The summed E-state index contributed by atoms with van der Waals surface area (Å²) in [5, 5.41) is 27.6. The predicted molar refractivity (Wildman–Crippen MR) is 177 cm³/mol. The predicted octanol–water partition coefficient (Wildman–Crippen LogP) is 7.14. The number of phenols is 1. The number of aliphatic hydroxyl groups excluding tert-OH is 1. The number of carbonyl (C=O) groups excluding carboxylic acids is 1. The van der Waals surface area contributed by atoms with Crippen molar-refractivity contribution < 1.29 is 19.4 Å². The van der Waals surface area contributed by atoms with Gasteiger partial charge in [-0.25, -0.2) is 0 Å². The molecular weight excluding hydrogens is 554 g/mol. The van der Waals surface area contributed by atoms with Crippen molar-refractivity contribution >= 4 is 25.1 Å². The molecule has 230 valence electrons. The highest BCUT2D eigenvalue weighted by Gasteiger charge is 2.39. The van der Waals surface area contributed by atoms with Crippen molar-refractivity contribution in [2.75, 3.05) is 6.54 Å². The number of aliphatic hydroxyl groups is 1. The molecule has 5 N–H and O–H groups in total. The minimum absolute atomic E-state index is 0.0366. The fraction of sp³-hybridized carbons (Fsp3) is 0.400. The zero-order valence-corrected chi connectivity index (χ0v) is 27.5. The second-order valence-corrected chi connectivity index (χ2v) is 17.9. The Bertz CT molecular complexity index is 1530. The molecule has 3 aromatic carbocycles. The molecule has 0 aliphatic heterocycles. The molecule has 0 saturated carbocycles. The van der Waals surface area contributed by atoms with Crippen LogP contribution in [0.25, 0.3) is 10.9 Å². The zero-order valence-electron chi connectivity index (χ0n) is 26.5. The van der Waals surface area contributed by atoms with Gasteiger partial charge in [-0.1, -0.05) is 63.2 Å². The Kier molecular flexibility index (Phi) is 10.2. The average Bonchev–Trinajstić information content (AvgIpc) is 3.39. The van der Waals surface area contributed by atoms with E-state index in [1.54, 1.807) is 6.07 Å². The number of hydrogen-bond donors (Lipinski definition) is 5. The largest absolute Gasteiger partial charge is 0.508 e. The van der Waals surface area contributed by atoms with Gasteiger partial charge in [0.05, 0.1) is 18.8 Å². The van der Waals surface area contributed by atoms with Gasteiger partial charge in [0, 0.05) is 29.1 Å². The molecular formula is C35H47N3O4Si. The van der Waals surface area contributed by atoms with E-state index in [1.807, 2.05) is 61.5 Å². The normalized spacial score (nSPS) is 14.4. The SMILES string of the molecule is C[C@H](Cc1ccc2[nH]c(C(=O)N[C@H](C)c3ccccc3)cc2c1)NC[C@@H](O[Si](C)(C)C(C)(C)C)c1ccc(O)c(CO)c1. The van der Waals surface area contributed by atoms with E-state index in [2.05, 4.69) is 68.5 Å². The summed E-state index contributed by atoms with van der Waals surface area (Å²) in [4.78, 5) is 16.2. The van der Waals surface area contributed by atoms with E-state index >= 15 is 0 Å². The van der Waals surface area contributed by atoms with Crippen molar-refractivity contribution in [2.45, 2.75) is 84.0 Å². The van der Waals surface area contributed by atoms with E-state index in [0.717, 1.165) is 28.5 Å². The number of fused-ring (bicyclic) bond motifs is 1. The highest BCUT2D eigenvalue weighted by Crippen LogP contribution is 2.40. The van der Waals surface area contributed by atoms with Gasteiger partial charge in [-0.3, -0.25) is 4.79 Å². The number of rotatable bonds is 12. The summed E-state index contributed by atoms with van der Waals surface area (Å²) >= 11 is 0. The fourth-order valence-electron chi connectivity index (χ4n) is 4.96. The molecule has 8 heteroatoms. The number of amides is 1. The van der Waals surface area contributed by atoms with E-state index in [9.17, 15) is 15.0 Å². The highest BCUT2D eigenvalue weighted by molar-refractivity contribution is 6.74. The molecule has 3 atom stereocenters. The van der Waals surface area contributed by atoms with Gasteiger partial charge < -0.3 is 30.3 Å². The van der Waals surface area contributed by atoms with Crippen LogP contribution in [0.2, 0.25) is 18.1 Å². The van der Waals surface area contributed by atoms with Crippen LogP contribution in [-0.4, -0.2) is 42.0 Å². The van der Waals surface area contributed by atoms with Crippen molar-refractivity contribution in [3.63, 3.8) is 0 Å². The molecule has 0 aliphatic carbocycles. The Morgan fingerprint density at radius 3 is 2.37 bits per heavy atom. The zero-order chi connectivity index (χ0) is 31.4. The number of aromatic nitrogens is 1. The van der Waals surface area contributed by atoms with E-state index in [0.29, 0.717) is 17.8 Å². The van der Waals surface area contributed by atoms with Gasteiger partial charge in [-0.2, -0.15) is 0 Å². The molecule has 0 bridgehead atoms. The average molecular weight is 602 g/mol. The second kappa shape index (κ2) is 13.5. The molecule has 4 aromatic rings. The fourth-order valence-corrected chi connectivity index (χ4v) is 6.24. The van der Waals surface area contributed by atoms with Crippen LogP contribution in [-0.2, 0) is 17.5 Å². The number of benzene rings is 3. The van der Waals surface area contributed by atoms with Gasteiger partial charge in [-0.15, -0.1) is 0 Å². The number of aromatic hydroxyl groups is 1. The number of H-pyrrole nitrogens is 1. The minimum Gasteiger partial charge on any atom is -0.508 e. The maximum Gasteiger partial charge on any atom is 0.268 e. The molecule has 7 nitrogen and oxygen atoms in total. The third-order valence-electron chi connectivity index (χ3n) is 8.66. The van der Waals surface area contributed by atoms with Crippen LogP contribution in [0, 0.1) is 0 Å². The Hall–Kier alpha value is -3.43. The van der Waals surface area contributed by atoms with Crippen molar-refractivity contribution in [3.05, 3.63) is 101 Å². The summed E-state index contributed by atoms with van der Waals surface area (Å²) in [5.74, 6) is -0.0411. The van der Waals surface area contributed by atoms with Crippen molar-refractivity contribution in [2.24, 2.45) is 0 Å². The number of carbonyl (C=O) groups is 1. The number of aromatic amines is 1. The second-order valence-electron chi connectivity index (χ2n) is 13.1. The monoisotopic (exact) mass is 601 g/mol. The standard InChI is InChI=1S/C35H47N3O4Si/c1-23(36-21-33(42-43(6,7)35(3,4)5)27-14-16-32(40)29(19-27)22-39)17-25-13-15-30-28(18-25)20-31(38-30)34(41)37-24(2)26-11-9-8-10-12-26/h8-16,18-20,23-24,33,36,38-40H,17,21-22H2,1-7H3,(H,37,41)/t23-,24-,33-/m1/s1. The maximum absolute atomic E-state index is 13.0. The van der Waals surface area contributed by atoms with Gasteiger partial charge in [0.25, 0.3) is 5.91 Å². The Morgan fingerprint density at radius 1 is 0.977 bits per heavy atom. The van der Waals surface area contributed by atoms with Gasteiger partial charge in [-0.05, 0) is 85.4 Å². The molecule has 0 fully saturated rings. The van der Waals surface area contributed by atoms with E-state index in [4.69, 9.17) is 4.43 Å². The van der Waals surface area contributed by atoms with Crippen LogP contribution < -0.4 is 10.6 Å². The van der Waals surface area contributed by atoms with Gasteiger partial charge in [0.15, 0.2) is 8.32 Å². The van der Waals surface area contributed by atoms with Crippen molar-refractivity contribution in [1.29, 1.82) is 0 Å². The highest BCUT2D eigenvalue weighted by atomic mass is 28.4. The Balaban J connectivity index is 1.43. The van der Waals surface area contributed by atoms with Gasteiger partial charge >= 0.3 is 0 Å². The van der Waals surface area contributed by atoms with Crippen molar-refractivity contribution in [3.8, 4) is 5.75 Å². The molecule has 0 spiro atoms. The van der Waals surface area contributed by atoms with Crippen LogP contribution in [0.15, 0.2) is 72.8 Å². The lowest BCUT2D eigenvalue weighted by molar-refractivity contribution is 0.0935. The van der Waals surface area contributed by atoms with Gasteiger partial charge in [0.1, 0.15) is 11.4 Å². The van der Waals surface area contributed by atoms with E-state index in [1.165, 1.54) is 5.56 Å².